The lowest BCUT2D eigenvalue weighted by Crippen LogP contribution is -2.38. The Morgan fingerprint density at radius 2 is 1.67 bits per heavy atom. The van der Waals surface area contributed by atoms with Crippen LogP contribution in [0.5, 0.6) is 0 Å². The maximum Gasteiger partial charge on any atom is 0.329 e. The molecule has 3 rings (SSSR count). The average molecular weight is 366 g/mol. The monoisotopic (exact) mass is 366 g/mol. The van der Waals surface area contributed by atoms with Gasteiger partial charge in [0.25, 0.3) is 0 Å². The van der Waals surface area contributed by atoms with E-state index in [-0.39, 0.29) is 30.6 Å². The number of rotatable bonds is 5. The lowest BCUT2D eigenvalue weighted by atomic mass is 10.2. The molecular weight excluding hydrogens is 344 g/mol. The van der Waals surface area contributed by atoms with Gasteiger partial charge in [-0.3, -0.25) is 18.7 Å². The number of carbonyl (C=O) groups is 2. The Balaban J connectivity index is 1.68. The highest BCUT2D eigenvalue weighted by atomic mass is 16.2. The highest BCUT2D eigenvalue weighted by Gasteiger charge is 2.17. The van der Waals surface area contributed by atoms with Crippen molar-refractivity contribution in [3.05, 3.63) is 64.6 Å². The summed E-state index contributed by atoms with van der Waals surface area (Å²) in [6.07, 6.45) is 0. The number of benzene rings is 2. The Morgan fingerprint density at radius 3 is 2.33 bits per heavy atom. The number of nitrogens with zero attached hydrogens (tertiary/aromatic N) is 3. The predicted octanol–water partition coefficient (Wildman–Crippen LogP) is 1.75. The number of fused-ring (bicyclic) bond motifs is 1. The molecule has 1 heterocycles. The third-order valence-corrected chi connectivity index (χ3v) is 4.49. The Hall–Kier alpha value is -3.35. The molecule has 2 amide bonds. The van der Waals surface area contributed by atoms with E-state index < -0.39 is 0 Å². The number of hydrogen-bond donors (Lipinski definition) is 1. The van der Waals surface area contributed by atoms with Crippen LogP contribution < -0.4 is 11.0 Å². The standard InChI is InChI=1S/C20H22N4O3/c1-14-8-10-15(11-9-14)21-18(25)12-22(2)19(26)13-24-17-7-5-4-6-16(17)23(3)20(24)27/h4-11H,12-13H2,1-3H3,(H,21,25). The Labute approximate surface area is 156 Å². The summed E-state index contributed by atoms with van der Waals surface area (Å²) >= 11 is 0. The molecule has 0 unspecified atom stereocenters. The molecule has 0 radical (unpaired) electrons. The van der Waals surface area contributed by atoms with Gasteiger partial charge >= 0.3 is 5.69 Å². The number of nitrogens with one attached hydrogen (secondary N) is 1. The van der Waals surface area contributed by atoms with Crippen LogP contribution in [0.1, 0.15) is 5.56 Å². The van der Waals surface area contributed by atoms with Crippen molar-refractivity contribution in [2.45, 2.75) is 13.5 Å². The smallest absolute Gasteiger partial charge is 0.329 e. The summed E-state index contributed by atoms with van der Waals surface area (Å²) in [7, 11) is 3.22. The van der Waals surface area contributed by atoms with Crippen LogP contribution in [0.3, 0.4) is 0 Å². The van der Waals surface area contributed by atoms with Gasteiger partial charge in [-0.05, 0) is 31.2 Å². The highest BCUT2D eigenvalue weighted by Crippen LogP contribution is 2.12. The molecule has 1 aromatic heterocycles. The molecule has 0 bridgehead atoms. The number of likely N-dealkylation sites (N-methyl/N-ethyl adjacent to an activating group) is 1. The van der Waals surface area contributed by atoms with Crippen molar-refractivity contribution in [3.63, 3.8) is 0 Å². The molecule has 3 aromatic rings. The largest absolute Gasteiger partial charge is 0.335 e. The topological polar surface area (TPSA) is 76.3 Å². The van der Waals surface area contributed by atoms with Crippen LogP contribution in [0.4, 0.5) is 5.69 Å². The van der Waals surface area contributed by atoms with Crippen LogP contribution in [0.25, 0.3) is 11.0 Å². The number of carbonyl (C=O) groups excluding carboxylic acids is 2. The molecule has 0 fully saturated rings. The number of aromatic nitrogens is 2. The Bertz CT molecular complexity index is 1050. The third kappa shape index (κ3) is 3.92. The van der Waals surface area contributed by atoms with Gasteiger partial charge in [-0.1, -0.05) is 29.8 Å². The van der Waals surface area contributed by atoms with Gasteiger partial charge in [0.2, 0.25) is 11.8 Å². The van der Waals surface area contributed by atoms with E-state index in [1.165, 1.54) is 14.0 Å². The summed E-state index contributed by atoms with van der Waals surface area (Å²) in [5, 5.41) is 2.76. The van der Waals surface area contributed by atoms with Gasteiger partial charge in [-0.2, -0.15) is 0 Å². The van der Waals surface area contributed by atoms with Gasteiger partial charge in [0.1, 0.15) is 6.54 Å². The number of imidazole rings is 1. The number of hydrogen-bond acceptors (Lipinski definition) is 3. The molecule has 2 aromatic carbocycles. The first-order valence-corrected chi connectivity index (χ1v) is 8.61. The molecule has 0 saturated carbocycles. The fourth-order valence-corrected chi connectivity index (χ4v) is 2.91. The van der Waals surface area contributed by atoms with Crippen molar-refractivity contribution in [3.8, 4) is 0 Å². The van der Waals surface area contributed by atoms with E-state index in [2.05, 4.69) is 5.32 Å². The highest BCUT2D eigenvalue weighted by molar-refractivity contribution is 5.94. The second-order valence-corrected chi connectivity index (χ2v) is 6.58. The molecule has 0 aliphatic carbocycles. The van der Waals surface area contributed by atoms with Gasteiger partial charge < -0.3 is 10.2 Å². The fourth-order valence-electron chi connectivity index (χ4n) is 2.91. The molecule has 1 N–H and O–H groups in total. The van der Waals surface area contributed by atoms with Crippen LogP contribution in [0, 0.1) is 6.92 Å². The van der Waals surface area contributed by atoms with E-state index in [0.29, 0.717) is 11.2 Å². The molecule has 27 heavy (non-hydrogen) atoms. The zero-order valence-electron chi connectivity index (χ0n) is 15.6. The molecule has 7 nitrogen and oxygen atoms in total. The Morgan fingerprint density at radius 1 is 1.04 bits per heavy atom. The molecule has 0 saturated heterocycles. The van der Waals surface area contributed by atoms with E-state index in [0.717, 1.165) is 11.1 Å². The van der Waals surface area contributed by atoms with E-state index in [1.54, 1.807) is 20.2 Å². The molecule has 0 atom stereocenters. The fraction of sp³-hybridized carbons (Fsp3) is 0.250. The number of amides is 2. The van der Waals surface area contributed by atoms with E-state index in [1.807, 2.05) is 49.4 Å². The zero-order valence-corrected chi connectivity index (χ0v) is 15.6. The van der Waals surface area contributed by atoms with Crippen LogP contribution >= 0.6 is 0 Å². The number of para-hydroxylation sites is 2. The van der Waals surface area contributed by atoms with Crippen LogP contribution in [0.15, 0.2) is 53.3 Å². The van der Waals surface area contributed by atoms with Crippen molar-refractivity contribution < 1.29 is 9.59 Å². The first-order valence-electron chi connectivity index (χ1n) is 8.61. The van der Waals surface area contributed by atoms with Gasteiger partial charge in [-0.25, -0.2) is 4.79 Å². The van der Waals surface area contributed by atoms with Gasteiger partial charge in [-0.15, -0.1) is 0 Å². The second-order valence-electron chi connectivity index (χ2n) is 6.58. The van der Waals surface area contributed by atoms with Crippen LogP contribution in [-0.2, 0) is 23.2 Å². The van der Waals surface area contributed by atoms with Gasteiger partial charge in [0.05, 0.1) is 17.6 Å². The lowest BCUT2D eigenvalue weighted by Gasteiger charge is -2.17. The minimum absolute atomic E-state index is 0.0910. The van der Waals surface area contributed by atoms with Crippen LogP contribution in [0.2, 0.25) is 0 Å². The van der Waals surface area contributed by atoms with Crippen LogP contribution in [-0.4, -0.2) is 39.4 Å². The normalized spacial score (nSPS) is 10.8. The summed E-state index contributed by atoms with van der Waals surface area (Å²) in [5.74, 6) is -0.604. The summed E-state index contributed by atoms with van der Waals surface area (Å²) in [6.45, 7) is 1.76. The summed E-state index contributed by atoms with van der Waals surface area (Å²) in [6, 6.07) is 14.7. The summed E-state index contributed by atoms with van der Waals surface area (Å²) < 4.78 is 2.93. The zero-order chi connectivity index (χ0) is 19.6. The van der Waals surface area contributed by atoms with Gasteiger partial charge in [0, 0.05) is 19.8 Å². The quantitative estimate of drug-likeness (QED) is 0.747. The average Bonchev–Trinajstić information content (AvgIpc) is 2.89. The van der Waals surface area contributed by atoms with E-state index >= 15 is 0 Å². The van der Waals surface area contributed by atoms with Crippen molar-refractivity contribution in [1.29, 1.82) is 0 Å². The first-order chi connectivity index (χ1) is 12.9. The molecule has 0 aliphatic heterocycles. The van der Waals surface area contributed by atoms with Crippen molar-refractivity contribution in [2.24, 2.45) is 7.05 Å². The lowest BCUT2D eigenvalue weighted by molar-refractivity contribution is -0.133. The maximum absolute atomic E-state index is 12.5. The van der Waals surface area contributed by atoms with Crippen molar-refractivity contribution in [1.82, 2.24) is 14.0 Å². The second kappa shape index (κ2) is 7.49. The first kappa shape index (κ1) is 18.4. The Kier molecular flexibility index (Phi) is 5.12. The van der Waals surface area contributed by atoms with E-state index in [9.17, 15) is 14.4 Å². The van der Waals surface area contributed by atoms with Crippen molar-refractivity contribution >= 4 is 28.5 Å². The summed E-state index contributed by atoms with van der Waals surface area (Å²) in [5.41, 5.74) is 2.96. The van der Waals surface area contributed by atoms with E-state index in [4.69, 9.17) is 0 Å². The third-order valence-electron chi connectivity index (χ3n) is 4.49. The van der Waals surface area contributed by atoms with Crippen molar-refractivity contribution in [2.75, 3.05) is 18.9 Å². The van der Waals surface area contributed by atoms with Gasteiger partial charge in [0.15, 0.2) is 0 Å². The molecule has 0 spiro atoms. The number of aryl methyl sites for hydroxylation is 2. The molecule has 140 valence electrons. The predicted molar refractivity (Wildman–Crippen MR) is 105 cm³/mol. The molecular formula is C20H22N4O3. The SMILES string of the molecule is Cc1ccc(NC(=O)CN(C)C(=O)Cn2c(=O)n(C)c3ccccc32)cc1. The minimum atomic E-state index is -0.312. The maximum atomic E-state index is 12.5. The summed E-state index contributed by atoms with van der Waals surface area (Å²) in [4.78, 5) is 38.4. The molecule has 7 heteroatoms. The molecule has 0 aliphatic rings. The minimum Gasteiger partial charge on any atom is -0.335 e. The number of anilines is 1.